The van der Waals surface area contributed by atoms with Gasteiger partial charge < -0.3 is 10.1 Å². The number of ether oxygens (including phenoxy) is 1. The second-order valence-corrected chi connectivity index (χ2v) is 5.81. The number of benzene rings is 1. The van der Waals surface area contributed by atoms with Gasteiger partial charge in [-0.05, 0) is 25.5 Å². The van der Waals surface area contributed by atoms with Crippen molar-refractivity contribution in [2.45, 2.75) is 25.9 Å². The molecule has 0 aliphatic carbocycles. The minimum Gasteiger partial charge on any atom is -0.465 e. The number of hydrogen-bond donors (Lipinski definition) is 1. The van der Waals surface area contributed by atoms with Crippen LogP contribution in [0, 0.1) is 0 Å². The Morgan fingerprint density at radius 2 is 2.29 bits per heavy atom. The lowest BCUT2D eigenvalue weighted by molar-refractivity contribution is -0.151. The summed E-state index contributed by atoms with van der Waals surface area (Å²) in [4.78, 5) is 14.3. The van der Waals surface area contributed by atoms with E-state index in [-0.39, 0.29) is 18.1 Å². The summed E-state index contributed by atoms with van der Waals surface area (Å²) in [6.45, 7) is 6.41. The average Bonchev–Trinajstić information content (AvgIpc) is 2.49. The summed E-state index contributed by atoms with van der Waals surface area (Å²) in [5, 5.41) is 4.32. The molecule has 6 heteroatoms. The lowest BCUT2D eigenvalue weighted by atomic mass is 10.0. The maximum absolute atomic E-state index is 12.1. The van der Waals surface area contributed by atoms with E-state index in [2.05, 4.69) is 10.2 Å². The summed E-state index contributed by atoms with van der Waals surface area (Å²) in [5.74, 6) is -0.199. The first-order chi connectivity index (χ1) is 10.1. The van der Waals surface area contributed by atoms with Gasteiger partial charge in [0.2, 0.25) is 0 Å². The Hall–Kier alpha value is -0.810. The van der Waals surface area contributed by atoms with Crippen LogP contribution >= 0.6 is 23.2 Å². The van der Waals surface area contributed by atoms with Crippen molar-refractivity contribution < 1.29 is 9.53 Å². The maximum Gasteiger partial charge on any atom is 0.324 e. The molecule has 0 amide bonds. The standard InChI is InChI=1S/C15H20Cl2N2O2/c1-3-21-15(20)13-9-18-7-8-19(13)10(2)11-5-4-6-12(16)14(11)17/h4-6,10,13,18H,3,7-9H2,1-2H3. The summed E-state index contributed by atoms with van der Waals surface area (Å²) in [6.07, 6.45) is 0. The smallest absolute Gasteiger partial charge is 0.324 e. The normalized spacial score (nSPS) is 21.0. The topological polar surface area (TPSA) is 41.6 Å². The molecule has 2 atom stereocenters. The van der Waals surface area contributed by atoms with Gasteiger partial charge in [-0.15, -0.1) is 0 Å². The van der Waals surface area contributed by atoms with Gasteiger partial charge in [0.05, 0.1) is 16.7 Å². The number of piperazine rings is 1. The molecule has 1 fully saturated rings. The van der Waals surface area contributed by atoms with Gasteiger partial charge in [0.15, 0.2) is 0 Å². The number of carbonyl (C=O) groups excluding carboxylic acids is 1. The van der Waals surface area contributed by atoms with Crippen molar-refractivity contribution in [2.75, 3.05) is 26.2 Å². The highest BCUT2D eigenvalue weighted by molar-refractivity contribution is 6.42. The molecule has 2 unspecified atom stereocenters. The molecule has 2 rings (SSSR count). The van der Waals surface area contributed by atoms with Gasteiger partial charge in [0.25, 0.3) is 0 Å². The Labute approximate surface area is 135 Å². The molecular formula is C15H20Cl2N2O2. The molecule has 1 aliphatic rings. The molecule has 0 bridgehead atoms. The van der Waals surface area contributed by atoms with E-state index in [1.165, 1.54) is 0 Å². The molecule has 1 aliphatic heterocycles. The van der Waals surface area contributed by atoms with E-state index in [0.29, 0.717) is 23.2 Å². The van der Waals surface area contributed by atoms with Crippen molar-refractivity contribution in [3.8, 4) is 0 Å². The van der Waals surface area contributed by atoms with Crippen LogP contribution in [0.5, 0.6) is 0 Å². The molecule has 0 radical (unpaired) electrons. The molecule has 1 aromatic carbocycles. The number of esters is 1. The first kappa shape index (κ1) is 16.6. The number of nitrogens with zero attached hydrogens (tertiary/aromatic N) is 1. The van der Waals surface area contributed by atoms with Crippen LogP contribution in [-0.2, 0) is 9.53 Å². The first-order valence-corrected chi connectivity index (χ1v) is 7.88. The molecule has 1 heterocycles. The van der Waals surface area contributed by atoms with Gasteiger partial charge in [-0.25, -0.2) is 0 Å². The molecule has 4 nitrogen and oxygen atoms in total. The van der Waals surface area contributed by atoms with E-state index in [0.717, 1.165) is 18.7 Å². The minimum atomic E-state index is -0.302. The van der Waals surface area contributed by atoms with Crippen molar-refractivity contribution in [1.82, 2.24) is 10.2 Å². The fourth-order valence-corrected chi connectivity index (χ4v) is 3.13. The Kier molecular flexibility index (Phi) is 5.88. The second-order valence-electron chi connectivity index (χ2n) is 5.03. The van der Waals surface area contributed by atoms with Crippen LogP contribution in [0.15, 0.2) is 18.2 Å². The molecule has 1 aromatic rings. The number of halogens is 2. The van der Waals surface area contributed by atoms with Gasteiger partial charge in [-0.3, -0.25) is 9.69 Å². The average molecular weight is 331 g/mol. The Bertz CT molecular complexity index is 510. The van der Waals surface area contributed by atoms with Crippen molar-refractivity contribution in [3.63, 3.8) is 0 Å². The summed E-state index contributed by atoms with van der Waals surface area (Å²) < 4.78 is 5.17. The van der Waals surface area contributed by atoms with Crippen molar-refractivity contribution >= 4 is 29.2 Å². The van der Waals surface area contributed by atoms with Gasteiger partial charge in [-0.2, -0.15) is 0 Å². The van der Waals surface area contributed by atoms with Crippen LogP contribution in [0.3, 0.4) is 0 Å². The predicted octanol–water partition coefficient (Wildman–Crippen LogP) is 2.89. The zero-order chi connectivity index (χ0) is 15.4. The second kappa shape index (κ2) is 7.45. The molecule has 1 saturated heterocycles. The number of hydrogen-bond acceptors (Lipinski definition) is 4. The summed E-state index contributed by atoms with van der Waals surface area (Å²) >= 11 is 12.4. The molecule has 116 valence electrons. The first-order valence-electron chi connectivity index (χ1n) is 7.13. The number of nitrogens with one attached hydrogen (secondary N) is 1. The van der Waals surface area contributed by atoms with E-state index in [1.807, 2.05) is 26.0 Å². The van der Waals surface area contributed by atoms with Crippen LogP contribution < -0.4 is 5.32 Å². The Morgan fingerprint density at radius 1 is 1.52 bits per heavy atom. The van der Waals surface area contributed by atoms with Crippen LogP contribution in [-0.4, -0.2) is 43.2 Å². The van der Waals surface area contributed by atoms with Crippen LogP contribution in [0.1, 0.15) is 25.5 Å². The monoisotopic (exact) mass is 330 g/mol. The van der Waals surface area contributed by atoms with Crippen LogP contribution in [0.2, 0.25) is 10.0 Å². The lowest BCUT2D eigenvalue weighted by Gasteiger charge is -2.39. The molecule has 0 saturated carbocycles. The lowest BCUT2D eigenvalue weighted by Crippen LogP contribution is -2.56. The van der Waals surface area contributed by atoms with E-state index < -0.39 is 0 Å². The van der Waals surface area contributed by atoms with Crippen molar-refractivity contribution in [3.05, 3.63) is 33.8 Å². The maximum atomic E-state index is 12.1. The Balaban J connectivity index is 2.24. The molecular weight excluding hydrogens is 311 g/mol. The van der Waals surface area contributed by atoms with Crippen molar-refractivity contribution in [2.24, 2.45) is 0 Å². The van der Waals surface area contributed by atoms with Gasteiger partial charge in [0, 0.05) is 25.7 Å². The zero-order valence-corrected chi connectivity index (χ0v) is 13.7. The fraction of sp³-hybridized carbons (Fsp3) is 0.533. The molecule has 21 heavy (non-hydrogen) atoms. The van der Waals surface area contributed by atoms with E-state index >= 15 is 0 Å². The Morgan fingerprint density at radius 3 is 3.00 bits per heavy atom. The molecule has 0 aromatic heterocycles. The largest absolute Gasteiger partial charge is 0.465 e. The third-order valence-electron chi connectivity index (χ3n) is 3.77. The minimum absolute atomic E-state index is 0.00675. The third kappa shape index (κ3) is 3.69. The number of rotatable bonds is 4. The predicted molar refractivity (Wildman–Crippen MR) is 84.9 cm³/mol. The van der Waals surface area contributed by atoms with E-state index in [4.69, 9.17) is 27.9 Å². The van der Waals surface area contributed by atoms with Gasteiger partial charge in [0.1, 0.15) is 6.04 Å². The summed E-state index contributed by atoms with van der Waals surface area (Å²) in [6, 6.07) is 5.28. The van der Waals surface area contributed by atoms with Crippen LogP contribution in [0.4, 0.5) is 0 Å². The highest BCUT2D eigenvalue weighted by Gasteiger charge is 2.34. The SMILES string of the molecule is CCOC(=O)C1CNCCN1C(C)c1cccc(Cl)c1Cl. The molecule has 1 N–H and O–H groups in total. The molecule has 0 spiro atoms. The van der Waals surface area contributed by atoms with E-state index in [9.17, 15) is 4.79 Å². The fourth-order valence-electron chi connectivity index (χ4n) is 2.66. The summed E-state index contributed by atoms with van der Waals surface area (Å²) in [5.41, 5.74) is 0.931. The van der Waals surface area contributed by atoms with Crippen molar-refractivity contribution in [1.29, 1.82) is 0 Å². The zero-order valence-electron chi connectivity index (χ0n) is 12.2. The highest BCUT2D eigenvalue weighted by atomic mass is 35.5. The quantitative estimate of drug-likeness (QED) is 0.862. The summed E-state index contributed by atoms with van der Waals surface area (Å²) in [7, 11) is 0. The van der Waals surface area contributed by atoms with E-state index in [1.54, 1.807) is 6.07 Å². The van der Waals surface area contributed by atoms with Gasteiger partial charge in [-0.1, -0.05) is 35.3 Å². The van der Waals surface area contributed by atoms with Crippen LogP contribution in [0.25, 0.3) is 0 Å². The van der Waals surface area contributed by atoms with Gasteiger partial charge >= 0.3 is 5.97 Å². The number of carbonyl (C=O) groups is 1. The third-order valence-corrected chi connectivity index (χ3v) is 4.61. The highest BCUT2D eigenvalue weighted by Crippen LogP contribution is 2.33.